The van der Waals surface area contributed by atoms with E-state index in [1.165, 1.54) is 0 Å². The van der Waals surface area contributed by atoms with Crippen molar-refractivity contribution in [3.05, 3.63) is 125 Å². The zero-order chi connectivity index (χ0) is 29.2. The van der Waals surface area contributed by atoms with Gasteiger partial charge in [0.25, 0.3) is 0 Å². The van der Waals surface area contributed by atoms with Crippen molar-refractivity contribution >= 4 is 21.9 Å². The third-order valence-corrected chi connectivity index (χ3v) is 7.91. The van der Waals surface area contributed by atoms with E-state index in [2.05, 4.69) is 35.8 Å². The Balaban J connectivity index is 1.58. The van der Waals surface area contributed by atoms with Gasteiger partial charge in [-0.2, -0.15) is 5.26 Å². The minimum atomic E-state index is -1.69. The second-order valence-corrected chi connectivity index (χ2v) is 10.2. The van der Waals surface area contributed by atoms with Crippen LogP contribution in [-0.2, 0) is 13.4 Å². The fraction of sp³-hybridized carbons (Fsp3) is 0.167. The predicted octanol–water partition coefficient (Wildman–Crippen LogP) is 8.39. The molecule has 39 heavy (non-hydrogen) atoms. The minimum Gasteiger partial charge on any atom is -0.454 e. The van der Waals surface area contributed by atoms with Crippen LogP contribution in [-0.4, -0.2) is 0 Å². The van der Waals surface area contributed by atoms with Crippen LogP contribution in [0.25, 0.3) is 44.3 Å². The normalized spacial score (nSPS) is 19.2. The van der Waals surface area contributed by atoms with E-state index in [9.17, 15) is 6.63 Å². The third-order valence-electron chi connectivity index (χ3n) is 7.91. The maximum absolute atomic E-state index is 10.3. The van der Waals surface area contributed by atoms with Crippen LogP contribution in [0.5, 0.6) is 0 Å². The Morgan fingerprint density at radius 2 is 1.67 bits per heavy atom. The maximum atomic E-state index is 10.3. The van der Waals surface area contributed by atoms with E-state index in [4.69, 9.17) is 7.16 Å². The highest BCUT2D eigenvalue weighted by Gasteiger charge is 2.27. The molecule has 2 aromatic heterocycles. The molecule has 0 spiro atoms. The van der Waals surface area contributed by atoms with E-state index in [0.717, 1.165) is 38.7 Å². The molecule has 7 rings (SSSR count). The molecule has 1 aliphatic carbocycles. The molecule has 3 nitrogen and oxygen atoms in total. The van der Waals surface area contributed by atoms with Crippen molar-refractivity contribution in [2.45, 2.75) is 32.0 Å². The molecule has 4 aromatic carbocycles. The van der Waals surface area contributed by atoms with Crippen LogP contribution >= 0.6 is 0 Å². The molecule has 0 aliphatic heterocycles. The third kappa shape index (κ3) is 3.67. The van der Waals surface area contributed by atoms with Crippen molar-refractivity contribution < 1.29 is 13.1 Å². The number of furan rings is 1. The molecule has 0 saturated heterocycles. The second-order valence-electron chi connectivity index (χ2n) is 10.2. The molecule has 0 amide bonds. The summed E-state index contributed by atoms with van der Waals surface area (Å²) in [5.41, 5.74) is 7.87. The average molecular weight is 509 g/mol. The van der Waals surface area contributed by atoms with Crippen molar-refractivity contribution in [3.8, 4) is 28.5 Å². The van der Waals surface area contributed by atoms with Gasteiger partial charge in [0.05, 0.1) is 17.2 Å². The molecular formula is C36H29N2O+. The average Bonchev–Trinajstić information content (AvgIpc) is 3.38. The van der Waals surface area contributed by atoms with Gasteiger partial charge in [0.1, 0.15) is 18.2 Å². The molecule has 188 valence electrons. The molecule has 0 N–H and O–H groups in total. The van der Waals surface area contributed by atoms with Crippen LogP contribution in [0.15, 0.2) is 102 Å². The summed E-state index contributed by atoms with van der Waals surface area (Å²) in [5.74, 6) is -1.11. The van der Waals surface area contributed by atoms with Crippen LogP contribution in [0.2, 0.25) is 0 Å². The number of pyridine rings is 1. The molecule has 1 aliphatic rings. The van der Waals surface area contributed by atoms with E-state index < -0.39 is 12.3 Å². The van der Waals surface area contributed by atoms with Crippen LogP contribution < -0.4 is 4.57 Å². The lowest BCUT2D eigenvalue weighted by molar-refractivity contribution is -0.660. The Kier molecular flexibility index (Phi) is 4.82. The molecule has 2 heterocycles. The number of rotatable bonds is 3. The van der Waals surface area contributed by atoms with E-state index in [-0.39, 0.29) is 6.42 Å². The van der Waals surface area contributed by atoms with Gasteiger partial charge in [-0.15, -0.1) is 0 Å². The topological polar surface area (TPSA) is 40.8 Å². The van der Waals surface area contributed by atoms with Gasteiger partial charge in [-0.25, -0.2) is 4.57 Å². The van der Waals surface area contributed by atoms with Crippen LogP contribution in [0.1, 0.15) is 50.7 Å². The Hall–Kier alpha value is -4.68. The Labute approximate surface area is 232 Å². The summed E-state index contributed by atoms with van der Waals surface area (Å²) in [6.45, 7) is 2.07. The summed E-state index contributed by atoms with van der Waals surface area (Å²) in [7, 11) is 2.01. The van der Waals surface area contributed by atoms with Crippen LogP contribution in [0, 0.1) is 18.3 Å². The molecule has 3 heteroatoms. The van der Waals surface area contributed by atoms with Crippen LogP contribution in [0.4, 0.5) is 0 Å². The van der Waals surface area contributed by atoms with Gasteiger partial charge < -0.3 is 4.42 Å². The summed E-state index contributed by atoms with van der Waals surface area (Å²) in [5, 5.41) is 12.1. The standard InChI is InChI=1S/C36H29N2O/c1-23-17-19-30-31-20-18-25(22-37)34(36(31)39-35(30)33(23)32-16-6-7-21-38(32)2)29-15-9-13-27-26(12-8-14-28(27)29)24-10-4-3-5-11-24/h3-7,9-11,13,15-21,26H,8,12,14H2,1-2H3/q+1/i14D2,26D. The van der Waals surface area contributed by atoms with Crippen molar-refractivity contribution in [3.63, 3.8) is 0 Å². The summed E-state index contributed by atoms with van der Waals surface area (Å²) < 4.78 is 36.8. The second kappa shape index (κ2) is 9.26. The summed E-state index contributed by atoms with van der Waals surface area (Å²) in [6.07, 6.45) is 0.873. The molecular weight excluding hydrogens is 476 g/mol. The highest BCUT2D eigenvalue weighted by atomic mass is 16.3. The Bertz CT molecular complexity index is 2070. The molecule has 6 aromatic rings. The summed E-state index contributed by atoms with van der Waals surface area (Å²) >= 11 is 0. The molecule has 1 atom stereocenters. The fourth-order valence-corrected chi connectivity index (χ4v) is 6.05. The van der Waals surface area contributed by atoms with Crippen molar-refractivity contribution in [2.75, 3.05) is 0 Å². The molecule has 0 bridgehead atoms. The summed E-state index contributed by atoms with van der Waals surface area (Å²) in [4.78, 5) is 0. The zero-order valence-electron chi connectivity index (χ0n) is 25.0. The van der Waals surface area contributed by atoms with Crippen LogP contribution in [0.3, 0.4) is 0 Å². The van der Waals surface area contributed by atoms with E-state index >= 15 is 0 Å². The van der Waals surface area contributed by atoms with Gasteiger partial charge in [0.2, 0.25) is 5.69 Å². The van der Waals surface area contributed by atoms with E-state index in [1.807, 2.05) is 80.0 Å². The van der Waals surface area contributed by atoms with Gasteiger partial charge in [0.15, 0.2) is 6.20 Å². The smallest absolute Gasteiger partial charge is 0.216 e. The predicted molar refractivity (Wildman–Crippen MR) is 156 cm³/mol. The largest absolute Gasteiger partial charge is 0.454 e. The Morgan fingerprint density at radius 3 is 2.46 bits per heavy atom. The van der Waals surface area contributed by atoms with Gasteiger partial charge in [-0.3, -0.25) is 0 Å². The first kappa shape index (κ1) is 20.3. The van der Waals surface area contributed by atoms with E-state index in [1.54, 1.807) is 6.07 Å². The minimum absolute atomic E-state index is 0.196. The van der Waals surface area contributed by atoms with Gasteiger partial charge in [-0.05, 0) is 72.2 Å². The number of nitriles is 1. The number of fused-ring (bicyclic) bond motifs is 4. The molecule has 0 radical (unpaired) electrons. The first-order chi connectivity index (χ1) is 20.2. The highest BCUT2D eigenvalue weighted by molar-refractivity contribution is 6.14. The van der Waals surface area contributed by atoms with E-state index in [0.29, 0.717) is 39.8 Å². The zero-order valence-corrected chi connectivity index (χ0v) is 22.0. The first-order valence-corrected chi connectivity index (χ1v) is 13.3. The lowest BCUT2D eigenvalue weighted by Crippen LogP contribution is -2.30. The lowest BCUT2D eigenvalue weighted by atomic mass is 9.76. The monoisotopic (exact) mass is 508 g/mol. The van der Waals surface area contributed by atoms with Crippen molar-refractivity contribution in [1.82, 2.24) is 0 Å². The maximum Gasteiger partial charge on any atom is 0.216 e. The number of hydrogen-bond donors (Lipinski definition) is 0. The number of benzene rings is 4. The number of hydrogen-bond acceptors (Lipinski definition) is 2. The number of nitrogens with zero attached hydrogens (tertiary/aromatic N) is 2. The quantitative estimate of drug-likeness (QED) is 0.225. The molecule has 1 unspecified atom stereocenters. The van der Waals surface area contributed by atoms with Gasteiger partial charge in [0, 0.05) is 38.5 Å². The number of aryl methyl sites for hydroxylation is 2. The van der Waals surface area contributed by atoms with Gasteiger partial charge >= 0.3 is 0 Å². The first-order valence-electron chi connectivity index (χ1n) is 14.8. The number of aromatic nitrogens is 1. The Morgan fingerprint density at radius 1 is 0.897 bits per heavy atom. The molecule has 0 fully saturated rings. The van der Waals surface area contributed by atoms with Gasteiger partial charge in [-0.1, -0.05) is 60.7 Å². The fourth-order valence-electron chi connectivity index (χ4n) is 6.05. The lowest BCUT2D eigenvalue weighted by Gasteiger charge is -2.28. The highest BCUT2D eigenvalue weighted by Crippen LogP contribution is 2.46. The van der Waals surface area contributed by atoms with Crippen molar-refractivity contribution in [2.24, 2.45) is 7.05 Å². The molecule has 0 saturated carbocycles. The summed E-state index contributed by atoms with van der Waals surface area (Å²) in [6, 6.07) is 31.6. The van der Waals surface area contributed by atoms with Crippen molar-refractivity contribution in [1.29, 1.82) is 5.26 Å². The SMILES string of the molecule is [2H]C1([2H])CCC([2H])(c2ccccc2)c2cccc(-c3c(C#N)ccc4c3oc3c(-c5cccc[n+]5C)c(C)ccc34)c21.